The lowest BCUT2D eigenvalue weighted by molar-refractivity contribution is -0.117. The van der Waals surface area contributed by atoms with Gasteiger partial charge in [0.25, 0.3) is 11.8 Å². The molecule has 0 radical (unpaired) electrons. The third-order valence-corrected chi connectivity index (χ3v) is 7.24. The van der Waals surface area contributed by atoms with Crippen LogP contribution >= 0.6 is 11.6 Å². The molecule has 0 aromatic heterocycles. The third-order valence-electron chi connectivity index (χ3n) is 6.98. The third kappa shape index (κ3) is 5.31. The Balaban J connectivity index is 1.35. The van der Waals surface area contributed by atoms with Crippen molar-refractivity contribution in [3.8, 4) is 5.75 Å². The van der Waals surface area contributed by atoms with Crippen LogP contribution in [0.4, 0.5) is 5.69 Å². The summed E-state index contributed by atoms with van der Waals surface area (Å²) < 4.78 is 5.99. The molecule has 2 atom stereocenters. The molecule has 36 heavy (non-hydrogen) atoms. The van der Waals surface area contributed by atoms with Crippen LogP contribution in [0.25, 0.3) is 6.08 Å². The number of hydrogen-bond donors (Lipinski definition) is 1. The van der Waals surface area contributed by atoms with Crippen LogP contribution in [0.3, 0.4) is 0 Å². The maximum atomic E-state index is 13.4. The molecule has 2 aliphatic rings. The quantitative estimate of drug-likeness (QED) is 0.401. The number of anilines is 1. The number of carbonyl (C=O) groups is 2. The van der Waals surface area contributed by atoms with Gasteiger partial charge in [-0.3, -0.25) is 14.5 Å². The highest BCUT2D eigenvalue weighted by atomic mass is 35.5. The summed E-state index contributed by atoms with van der Waals surface area (Å²) in [5, 5.41) is 3.84. The first-order valence-electron chi connectivity index (χ1n) is 12.4. The molecule has 1 fully saturated rings. The van der Waals surface area contributed by atoms with Crippen LogP contribution in [0.1, 0.15) is 54.1 Å². The molecule has 1 aliphatic carbocycles. The lowest BCUT2D eigenvalue weighted by Crippen LogP contribution is -2.41. The molecule has 3 aromatic rings. The van der Waals surface area contributed by atoms with Gasteiger partial charge in [0.1, 0.15) is 0 Å². The first-order chi connectivity index (χ1) is 17.5. The molecule has 3 aromatic carbocycles. The highest BCUT2D eigenvalue weighted by Gasteiger charge is 2.30. The number of halogens is 1. The van der Waals surface area contributed by atoms with Crippen LogP contribution in [-0.2, 0) is 11.3 Å². The van der Waals surface area contributed by atoms with E-state index in [2.05, 4.69) is 12.2 Å². The largest absolute Gasteiger partial charge is 0.449 e. The number of benzene rings is 3. The molecule has 2 amide bonds. The summed E-state index contributed by atoms with van der Waals surface area (Å²) in [6, 6.07) is 22.4. The van der Waals surface area contributed by atoms with Crippen molar-refractivity contribution in [3.63, 3.8) is 0 Å². The van der Waals surface area contributed by atoms with E-state index in [0.29, 0.717) is 28.8 Å². The number of ether oxygens (including phenoxy) is 1. The molecule has 5 rings (SSSR count). The van der Waals surface area contributed by atoms with Gasteiger partial charge in [-0.25, -0.2) is 0 Å². The number of fused-ring (bicyclic) bond motifs is 1. The Hall–Kier alpha value is -3.57. The second kappa shape index (κ2) is 10.6. The minimum absolute atomic E-state index is 0.0546. The molecule has 184 valence electrons. The van der Waals surface area contributed by atoms with E-state index in [1.807, 2.05) is 60.7 Å². The van der Waals surface area contributed by atoms with Crippen LogP contribution in [0, 0.1) is 5.92 Å². The Morgan fingerprint density at radius 2 is 1.75 bits per heavy atom. The van der Waals surface area contributed by atoms with E-state index >= 15 is 0 Å². The van der Waals surface area contributed by atoms with Gasteiger partial charge in [-0.05, 0) is 72.4 Å². The predicted octanol–water partition coefficient (Wildman–Crippen LogP) is 6.62. The number of carbonyl (C=O) groups excluding carboxylic acids is 2. The fraction of sp³-hybridized carbons (Fsp3) is 0.267. The van der Waals surface area contributed by atoms with Crippen LogP contribution in [-0.4, -0.2) is 17.9 Å². The first kappa shape index (κ1) is 24.1. The fourth-order valence-electron chi connectivity index (χ4n) is 4.86. The van der Waals surface area contributed by atoms with Crippen LogP contribution in [0.5, 0.6) is 5.75 Å². The van der Waals surface area contributed by atoms with E-state index in [-0.39, 0.29) is 23.6 Å². The van der Waals surface area contributed by atoms with Gasteiger partial charge >= 0.3 is 0 Å². The van der Waals surface area contributed by atoms with E-state index in [1.165, 1.54) is 6.42 Å². The standard InChI is InChI=1S/C30H29ClN2O3/c1-20-6-2-3-7-25(20)32-29(34)23-14-10-21(11-15-23)18-28-30(35)33(19-22-12-16-24(31)17-13-22)26-8-4-5-9-27(26)36-28/h4-5,8-18,20,25H,2-3,6-7,19H2,1H3,(H,32,34)/b28-18-. The zero-order valence-corrected chi connectivity index (χ0v) is 21.0. The van der Waals surface area contributed by atoms with E-state index in [1.54, 1.807) is 23.1 Å². The Kier molecular flexibility index (Phi) is 7.10. The molecule has 0 saturated heterocycles. The van der Waals surface area contributed by atoms with Gasteiger partial charge in [0, 0.05) is 16.6 Å². The predicted molar refractivity (Wildman–Crippen MR) is 143 cm³/mol. The van der Waals surface area contributed by atoms with Crippen molar-refractivity contribution in [1.29, 1.82) is 0 Å². The summed E-state index contributed by atoms with van der Waals surface area (Å²) in [7, 11) is 0. The summed E-state index contributed by atoms with van der Waals surface area (Å²) in [5.41, 5.74) is 3.08. The maximum absolute atomic E-state index is 13.4. The van der Waals surface area contributed by atoms with Gasteiger partial charge in [0.2, 0.25) is 0 Å². The minimum atomic E-state index is -0.225. The van der Waals surface area contributed by atoms with Gasteiger partial charge in [0.15, 0.2) is 11.5 Å². The summed E-state index contributed by atoms with van der Waals surface area (Å²) in [4.78, 5) is 27.9. The number of hydrogen-bond acceptors (Lipinski definition) is 3. The van der Waals surface area contributed by atoms with E-state index in [4.69, 9.17) is 16.3 Å². The first-order valence-corrected chi connectivity index (χ1v) is 12.8. The highest BCUT2D eigenvalue weighted by Crippen LogP contribution is 2.36. The zero-order chi connectivity index (χ0) is 25.1. The number of nitrogens with one attached hydrogen (secondary N) is 1. The molecule has 1 heterocycles. The van der Waals surface area contributed by atoms with Gasteiger partial charge in [0.05, 0.1) is 12.2 Å². The van der Waals surface area contributed by atoms with Crippen LogP contribution in [0.2, 0.25) is 5.02 Å². The van der Waals surface area contributed by atoms with Crippen molar-refractivity contribution in [3.05, 3.63) is 100 Å². The van der Waals surface area contributed by atoms with E-state index < -0.39 is 0 Å². The average molecular weight is 501 g/mol. The van der Waals surface area contributed by atoms with Gasteiger partial charge in [-0.15, -0.1) is 0 Å². The second-order valence-electron chi connectivity index (χ2n) is 9.56. The molecule has 5 nitrogen and oxygen atoms in total. The highest BCUT2D eigenvalue weighted by molar-refractivity contribution is 6.30. The lowest BCUT2D eigenvalue weighted by atomic mass is 9.86. The molecule has 0 spiro atoms. The molecule has 2 unspecified atom stereocenters. The SMILES string of the molecule is CC1CCCCC1NC(=O)c1ccc(/C=C2\Oc3ccccc3N(Cc3ccc(Cl)cc3)C2=O)cc1. The number of rotatable bonds is 5. The molecular weight excluding hydrogens is 472 g/mol. The molecule has 1 aliphatic heterocycles. The van der Waals surface area contributed by atoms with Crippen LogP contribution < -0.4 is 15.0 Å². The Labute approximate surface area is 216 Å². The Morgan fingerprint density at radius 1 is 1.03 bits per heavy atom. The van der Waals surface area contributed by atoms with Crippen molar-refractivity contribution in [2.75, 3.05) is 4.90 Å². The van der Waals surface area contributed by atoms with Gasteiger partial charge in [-0.1, -0.05) is 67.8 Å². The van der Waals surface area contributed by atoms with Crippen molar-refractivity contribution < 1.29 is 14.3 Å². The second-order valence-corrected chi connectivity index (χ2v) is 10.00. The smallest absolute Gasteiger partial charge is 0.294 e. The topological polar surface area (TPSA) is 58.6 Å². The molecule has 0 bridgehead atoms. The number of para-hydroxylation sites is 2. The van der Waals surface area contributed by atoms with Crippen molar-refractivity contribution >= 4 is 35.2 Å². The zero-order valence-electron chi connectivity index (χ0n) is 20.2. The monoisotopic (exact) mass is 500 g/mol. The molecule has 1 N–H and O–H groups in total. The average Bonchev–Trinajstić information content (AvgIpc) is 2.89. The molecule has 6 heteroatoms. The molecule has 1 saturated carbocycles. The van der Waals surface area contributed by atoms with Gasteiger partial charge in [-0.2, -0.15) is 0 Å². The number of amides is 2. The Bertz CT molecular complexity index is 1280. The van der Waals surface area contributed by atoms with Crippen LogP contribution in [0.15, 0.2) is 78.6 Å². The summed E-state index contributed by atoms with van der Waals surface area (Å²) in [6.45, 7) is 2.60. The van der Waals surface area contributed by atoms with Gasteiger partial charge < -0.3 is 10.1 Å². The summed E-state index contributed by atoms with van der Waals surface area (Å²) >= 11 is 6.03. The van der Waals surface area contributed by atoms with Crippen molar-refractivity contribution in [2.45, 2.75) is 45.2 Å². The maximum Gasteiger partial charge on any atom is 0.294 e. The normalized spacial score (nSPS) is 20.6. The summed E-state index contributed by atoms with van der Waals surface area (Å²) in [5.74, 6) is 1.07. The van der Waals surface area contributed by atoms with Crippen molar-refractivity contribution in [2.24, 2.45) is 5.92 Å². The summed E-state index contributed by atoms with van der Waals surface area (Å²) in [6.07, 6.45) is 6.31. The molecular formula is C30H29ClN2O3. The van der Waals surface area contributed by atoms with Crippen molar-refractivity contribution in [1.82, 2.24) is 5.32 Å². The minimum Gasteiger partial charge on any atom is -0.449 e. The van der Waals surface area contributed by atoms with E-state index in [0.717, 1.165) is 36.1 Å². The van der Waals surface area contributed by atoms with E-state index in [9.17, 15) is 9.59 Å². The lowest BCUT2D eigenvalue weighted by Gasteiger charge is -2.30. The fourth-order valence-corrected chi connectivity index (χ4v) is 4.98. The Morgan fingerprint density at radius 3 is 2.50 bits per heavy atom. The number of nitrogens with zero attached hydrogens (tertiary/aromatic N) is 1.